The van der Waals surface area contributed by atoms with Crippen molar-refractivity contribution >= 4 is 16.9 Å². The summed E-state index contributed by atoms with van der Waals surface area (Å²) in [5.41, 5.74) is 1.63. The number of rotatable bonds is 4. The van der Waals surface area contributed by atoms with E-state index >= 15 is 0 Å². The highest BCUT2D eigenvalue weighted by Crippen LogP contribution is 2.33. The Labute approximate surface area is 126 Å². The Bertz CT molecular complexity index is 835. The Hall–Kier alpha value is -2.83. The molecule has 22 heavy (non-hydrogen) atoms. The van der Waals surface area contributed by atoms with Crippen LogP contribution in [0.25, 0.3) is 22.6 Å². The molecular weight excluding hydrogens is 286 g/mol. The number of fused-ring (bicyclic) bond motifs is 1. The van der Waals surface area contributed by atoms with Gasteiger partial charge in [0.25, 0.3) is 0 Å². The first-order chi connectivity index (χ1) is 10.6. The van der Waals surface area contributed by atoms with Crippen molar-refractivity contribution < 1.29 is 18.5 Å². The molecule has 0 saturated heterocycles. The lowest BCUT2D eigenvalue weighted by molar-refractivity contribution is -0.119. The first-order valence-corrected chi connectivity index (χ1v) is 6.73. The SMILES string of the molecule is COc1ccc2oc(-c3noc(CNC(C)=O)n3)c(C)c2c1. The molecule has 1 aromatic carbocycles. The summed E-state index contributed by atoms with van der Waals surface area (Å²) in [5.74, 6) is 1.81. The summed E-state index contributed by atoms with van der Waals surface area (Å²) in [5, 5.41) is 7.43. The zero-order valence-corrected chi connectivity index (χ0v) is 12.5. The van der Waals surface area contributed by atoms with Gasteiger partial charge in [-0.05, 0) is 25.1 Å². The number of nitrogens with one attached hydrogen (secondary N) is 1. The predicted molar refractivity (Wildman–Crippen MR) is 78.3 cm³/mol. The minimum Gasteiger partial charge on any atom is -0.497 e. The summed E-state index contributed by atoms with van der Waals surface area (Å²) in [6, 6.07) is 5.56. The smallest absolute Gasteiger partial charge is 0.246 e. The molecule has 0 aliphatic carbocycles. The standard InChI is InChI=1S/C15H15N3O4/c1-8-11-6-10(20-3)4-5-12(11)21-14(8)15-17-13(22-18-15)7-16-9(2)19/h4-6H,7H2,1-3H3,(H,16,19). The highest BCUT2D eigenvalue weighted by molar-refractivity contribution is 5.87. The maximum absolute atomic E-state index is 10.9. The molecule has 0 radical (unpaired) electrons. The van der Waals surface area contributed by atoms with Crippen LogP contribution in [0.15, 0.2) is 27.1 Å². The average Bonchev–Trinajstić information content (AvgIpc) is 3.10. The fraction of sp³-hybridized carbons (Fsp3) is 0.267. The fourth-order valence-corrected chi connectivity index (χ4v) is 2.16. The van der Waals surface area contributed by atoms with Crippen LogP contribution in [0, 0.1) is 6.92 Å². The second-order valence-corrected chi connectivity index (χ2v) is 4.84. The second kappa shape index (κ2) is 5.51. The van der Waals surface area contributed by atoms with Gasteiger partial charge in [-0.2, -0.15) is 4.98 Å². The van der Waals surface area contributed by atoms with Crippen LogP contribution in [0.3, 0.4) is 0 Å². The quantitative estimate of drug-likeness (QED) is 0.796. The third kappa shape index (κ3) is 2.52. The Kier molecular flexibility index (Phi) is 3.54. The van der Waals surface area contributed by atoms with E-state index in [1.807, 2.05) is 25.1 Å². The Morgan fingerprint density at radius 2 is 2.23 bits per heavy atom. The van der Waals surface area contributed by atoms with Crippen LogP contribution in [0.1, 0.15) is 18.4 Å². The Morgan fingerprint density at radius 1 is 1.41 bits per heavy atom. The normalized spacial score (nSPS) is 10.9. The van der Waals surface area contributed by atoms with E-state index in [9.17, 15) is 4.79 Å². The molecule has 2 heterocycles. The van der Waals surface area contributed by atoms with Crippen molar-refractivity contribution in [1.29, 1.82) is 0 Å². The first-order valence-electron chi connectivity index (χ1n) is 6.73. The topological polar surface area (TPSA) is 90.4 Å². The van der Waals surface area contributed by atoms with E-state index in [0.29, 0.717) is 17.5 Å². The number of amides is 1. The van der Waals surface area contributed by atoms with Gasteiger partial charge in [-0.3, -0.25) is 4.79 Å². The number of ether oxygens (including phenoxy) is 1. The van der Waals surface area contributed by atoms with E-state index in [2.05, 4.69) is 15.5 Å². The molecule has 0 bridgehead atoms. The minimum absolute atomic E-state index is 0.160. The molecule has 7 heteroatoms. The Morgan fingerprint density at radius 3 is 2.95 bits per heavy atom. The lowest BCUT2D eigenvalue weighted by atomic mass is 10.1. The third-order valence-corrected chi connectivity index (χ3v) is 3.30. The molecule has 7 nitrogen and oxygen atoms in total. The van der Waals surface area contributed by atoms with Crippen LogP contribution >= 0.6 is 0 Å². The maximum Gasteiger partial charge on any atom is 0.246 e. The van der Waals surface area contributed by atoms with Gasteiger partial charge in [-0.25, -0.2) is 0 Å². The fourth-order valence-electron chi connectivity index (χ4n) is 2.16. The molecule has 3 aromatic rings. The molecule has 3 rings (SSSR count). The van der Waals surface area contributed by atoms with E-state index in [1.165, 1.54) is 6.92 Å². The molecule has 2 aromatic heterocycles. The number of aryl methyl sites for hydroxylation is 1. The molecular formula is C15H15N3O4. The molecule has 0 atom stereocenters. The average molecular weight is 301 g/mol. The number of benzene rings is 1. The summed E-state index contributed by atoms with van der Waals surface area (Å²) >= 11 is 0. The van der Waals surface area contributed by atoms with E-state index in [0.717, 1.165) is 22.3 Å². The summed E-state index contributed by atoms with van der Waals surface area (Å²) in [7, 11) is 1.62. The van der Waals surface area contributed by atoms with Gasteiger partial charge >= 0.3 is 0 Å². The molecule has 1 N–H and O–H groups in total. The van der Waals surface area contributed by atoms with Gasteiger partial charge in [0, 0.05) is 17.9 Å². The van der Waals surface area contributed by atoms with Gasteiger partial charge in [-0.1, -0.05) is 5.16 Å². The lowest BCUT2D eigenvalue weighted by Crippen LogP contribution is -2.18. The van der Waals surface area contributed by atoms with Crippen LogP contribution in [0.4, 0.5) is 0 Å². The zero-order valence-electron chi connectivity index (χ0n) is 12.5. The van der Waals surface area contributed by atoms with Crippen molar-refractivity contribution in [2.75, 3.05) is 7.11 Å². The first kappa shape index (κ1) is 14.1. The molecule has 0 saturated carbocycles. The molecule has 0 spiro atoms. The van der Waals surface area contributed by atoms with Crippen LogP contribution in [-0.4, -0.2) is 23.2 Å². The van der Waals surface area contributed by atoms with Crippen LogP contribution < -0.4 is 10.1 Å². The molecule has 0 unspecified atom stereocenters. The Balaban J connectivity index is 1.96. The van der Waals surface area contributed by atoms with Crippen molar-refractivity contribution in [2.24, 2.45) is 0 Å². The van der Waals surface area contributed by atoms with Crippen molar-refractivity contribution in [3.8, 4) is 17.3 Å². The van der Waals surface area contributed by atoms with Gasteiger partial charge in [-0.15, -0.1) is 0 Å². The summed E-state index contributed by atoms with van der Waals surface area (Å²) in [4.78, 5) is 15.1. The molecule has 0 fully saturated rings. The molecule has 114 valence electrons. The summed E-state index contributed by atoms with van der Waals surface area (Å²) in [6.07, 6.45) is 0. The highest BCUT2D eigenvalue weighted by Gasteiger charge is 2.18. The number of furan rings is 1. The van der Waals surface area contributed by atoms with Gasteiger partial charge < -0.3 is 19.0 Å². The van der Waals surface area contributed by atoms with Crippen LogP contribution in [0.5, 0.6) is 5.75 Å². The van der Waals surface area contributed by atoms with Crippen molar-refractivity contribution in [3.63, 3.8) is 0 Å². The number of hydrogen-bond donors (Lipinski definition) is 1. The van der Waals surface area contributed by atoms with E-state index in [1.54, 1.807) is 7.11 Å². The van der Waals surface area contributed by atoms with E-state index in [-0.39, 0.29) is 12.5 Å². The van der Waals surface area contributed by atoms with Crippen LogP contribution in [0.2, 0.25) is 0 Å². The second-order valence-electron chi connectivity index (χ2n) is 4.84. The van der Waals surface area contributed by atoms with Gasteiger partial charge in [0.05, 0.1) is 13.7 Å². The van der Waals surface area contributed by atoms with Gasteiger partial charge in [0.2, 0.25) is 17.6 Å². The number of nitrogens with zero attached hydrogens (tertiary/aromatic N) is 2. The van der Waals surface area contributed by atoms with E-state index < -0.39 is 0 Å². The number of carbonyl (C=O) groups is 1. The largest absolute Gasteiger partial charge is 0.497 e. The van der Waals surface area contributed by atoms with Crippen molar-refractivity contribution in [1.82, 2.24) is 15.5 Å². The van der Waals surface area contributed by atoms with Gasteiger partial charge in [0.1, 0.15) is 11.3 Å². The number of hydrogen-bond acceptors (Lipinski definition) is 6. The molecule has 1 amide bonds. The highest BCUT2D eigenvalue weighted by atomic mass is 16.5. The lowest BCUT2D eigenvalue weighted by Gasteiger charge is -1.97. The molecule has 0 aliphatic rings. The van der Waals surface area contributed by atoms with Crippen LogP contribution in [-0.2, 0) is 11.3 Å². The van der Waals surface area contributed by atoms with Crippen molar-refractivity contribution in [2.45, 2.75) is 20.4 Å². The third-order valence-electron chi connectivity index (χ3n) is 3.30. The summed E-state index contributed by atoms with van der Waals surface area (Å²) in [6.45, 7) is 3.54. The van der Waals surface area contributed by atoms with Gasteiger partial charge in [0.15, 0.2) is 5.76 Å². The van der Waals surface area contributed by atoms with Crippen molar-refractivity contribution in [3.05, 3.63) is 29.7 Å². The maximum atomic E-state index is 10.9. The zero-order chi connectivity index (χ0) is 15.7. The number of carbonyl (C=O) groups excluding carboxylic acids is 1. The monoisotopic (exact) mass is 301 g/mol. The molecule has 0 aliphatic heterocycles. The predicted octanol–water partition coefficient (Wildman–Crippen LogP) is 2.44. The number of aromatic nitrogens is 2. The summed E-state index contributed by atoms with van der Waals surface area (Å²) < 4.78 is 16.1. The van der Waals surface area contributed by atoms with E-state index in [4.69, 9.17) is 13.7 Å². The minimum atomic E-state index is -0.160. The number of methoxy groups -OCH3 is 1.